The summed E-state index contributed by atoms with van der Waals surface area (Å²) in [4.78, 5) is 22.7. The van der Waals surface area contributed by atoms with Crippen molar-refractivity contribution >= 4 is 27.6 Å². The molecule has 0 atom stereocenters. The number of carboxylic acids is 1. The maximum Gasteiger partial charge on any atom is 0.305 e. The lowest BCUT2D eigenvalue weighted by Gasteiger charge is -2.21. The van der Waals surface area contributed by atoms with Gasteiger partial charge in [-0.05, 0) is 53.8 Å². The number of hydrogen-bond acceptors (Lipinski definition) is 4. The number of amides is 1. The lowest BCUT2D eigenvalue weighted by Crippen LogP contribution is -2.26. The smallest absolute Gasteiger partial charge is 0.305 e. The van der Waals surface area contributed by atoms with Crippen molar-refractivity contribution in [3.05, 3.63) is 59.2 Å². The fraction of sp³-hybridized carbons (Fsp3) is 0.333. The molecule has 3 N–H and O–H groups in total. The van der Waals surface area contributed by atoms with E-state index in [4.69, 9.17) is 5.11 Å². The van der Waals surface area contributed by atoms with Gasteiger partial charge < -0.3 is 10.4 Å². The monoisotopic (exact) mass is 418 g/mol. The Morgan fingerprint density at radius 2 is 1.66 bits per heavy atom. The summed E-state index contributed by atoms with van der Waals surface area (Å²) in [6.45, 7) is 7.81. The number of aliphatic carboxylic acids is 1. The summed E-state index contributed by atoms with van der Waals surface area (Å²) in [5.41, 5.74) is 2.00. The van der Waals surface area contributed by atoms with Crippen molar-refractivity contribution in [2.75, 3.05) is 11.3 Å². The Kier molecular flexibility index (Phi) is 6.69. The lowest BCUT2D eigenvalue weighted by molar-refractivity contribution is -0.136. The van der Waals surface area contributed by atoms with Crippen molar-refractivity contribution in [2.24, 2.45) is 0 Å². The highest BCUT2D eigenvalue weighted by Crippen LogP contribution is 2.27. The van der Waals surface area contributed by atoms with Gasteiger partial charge in [-0.1, -0.05) is 32.9 Å². The molecule has 0 heterocycles. The molecule has 7 nitrogen and oxygen atoms in total. The molecule has 0 saturated carbocycles. The van der Waals surface area contributed by atoms with Crippen molar-refractivity contribution in [2.45, 2.75) is 44.4 Å². The van der Waals surface area contributed by atoms with Crippen LogP contribution < -0.4 is 10.0 Å². The van der Waals surface area contributed by atoms with Gasteiger partial charge in [0.2, 0.25) is 0 Å². The summed E-state index contributed by atoms with van der Waals surface area (Å²) >= 11 is 0. The third-order valence-electron chi connectivity index (χ3n) is 4.37. The molecule has 8 heteroatoms. The largest absolute Gasteiger partial charge is 0.481 e. The normalized spacial score (nSPS) is 11.7. The average Bonchev–Trinajstić information content (AvgIpc) is 2.60. The molecule has 0 aromatic heterocycles. The second kappa shape index (κ2) is 8.65. The molecule has 0 aliphatic rings. The molecule has 1 amide bonds. The number of carbonyl (C=O) groups excluding carboxylic acids is 1. The minimum Gasteiger partial charge on any atom is -0.481 e. The molecule has 0 saturated heterocycles. The lowest BCUT2D eigenvalue weighted by atomic mass is 9.87. The van der Waals surface area contributed by atoms with Gasteiger partial charge >= 0.3 is 5.97 Å². The van der Waals surface area contributed by atoms with Crippen molar-refractivity contribution in [1.82, 2.24) is 5.32 Å². The summed E-state index contributed by atoms with van der Waals surface area (Å²) in [6.07, 6.45) is -0.170. The van der Waals surface area contributed by atoms with Gasteiger partial charge in [0, 0.05) is 17.8 Å². The van der Waals surface area contributed by atoms with E-state index in [1.807, 2.05) is 26.8 Å². The van der Waals surface area contributed by atoms with Crippen LogP contribution in [0, 0.1) is 6.92 Å². The maximum atomic E-state index is 12.9. The first-order chi connectivity index (χ1) is 13.4. The topological polar surface area (TPSA) is 113 Å². The molecule has 2 rings (SSSR count). The molecule has 0 unspecified atom stereocenters. The zero-order valence-electron chi connectivity index (χ0n) is 16.9. The first-order valence-corrected chi connectivity index (χ1v) is 10.6. The molecular formula is C21H26N2O5S. The number of nitrogens with one attached hydrogen (secondary N) is 2. The number of hydrogen-bond donors (Lipinski definition) is 3. The highest BCUT2D eigenvalue weighted by Gasteiger charge is 2.21. The Labute approximate surface area is 171 Å². The average molecular weight is 419 g/mol. The predicted octanol–water partition coefficient (Wildman–Crippen LogP) is 3.30. The van der Waals surface area contributed by atoms with E-state index >= 15 is 0 Å². The van der Waals surface area contributed by atoms with Gasteiger partial charge in [0.05, 0.1) is 11.3 Å². The first kappa shape index (κ1) is 22.4. The highest BCUT2D eigenvalue weighted by atomic mass is 32.2. The van der Waals surface area contributed by atoms with Gasteiger partial charge in [-0.3, -0.25) is 14.3 Å². The molecule has 2 aromatic rings. The molecule has 29 heavy (non-hydrogen) atoms. The molecule has 156 valence electrons. The Morgan fingerprint density at radius 1 is 1.03 bits per heavy atom. The second-order valence-corrected chi connectivity index (χ2v) is 9.46. The van der Waals surface area contributed by atoms with Crippen LogP contribution in [0.4, 0.5) is 5.69 Å². The van der Waals surface area contributed by atoms with E-state index in [2.05, 4.69) is 10.0 Å². The van der Waals surface area contributed by atoms with E-state index in [1.165, 1.54) is 24.3 Å². The molecule has 0 aliphatic heterocycles. The molecular weight excluding hydrogens is 392 g/mol. The van der Waals surface area contributed by atoms with Crippen molar-refractivity contribution in [3.63, 3.8) is 0 Å². The molecule has 0 spiro atoms. The number of carboxylic acid groups (broad SMARTS) is 1. The summed E-state index contributed by atoms with van der Waals surface area (Å²) in [7, 11) is -3.80. The Bertz CT molecular complexity index is 1010. The van der Waals surface area contributed by atoms with Crippen LogP contribution in [0.2, 0.25) is 0 Å². The number of aryl methyl sites for hydroxylation is 1. The summed E-state index contributed by atoms with van der Waals surface area (Å²) < 4.78 is 28.3. The number of carbonyl (C=O) groups is 2. The minimum atomic E-state index is -3.80. The zero-order chi connectivity index (χ0) is 21.8. The Balaban J connectivity index is 2.17. The molecule has 0 fully saturated rings. The first-order valence-electron chi connectivity index (χ1n) is 9.14. The highest BCUT2D eigenvalue weighted by molar-refractivity contribution is 7.92. The summed E-state index contributed by atoms with van der Waals surface area (Å²) in [6, 6.07) is 11.3. The van der Waals surface area contributed by atoms with Crippen molar-refractivity contribution in [3.8, 4) is 0 Å². The molecule has 2 aromatic carbocycles. The van der Waals surface area contributed by atoms with Crippen molar-refractivity contribution < 1.29 is 23.1 Å². The number of anilines is 1. The fourth-order valence-corrected chi connectivity index (χ4v) is 3.97. The van der Waals surface area contributed by atoms with Gasteiger partial charge in [0.25, 0.3) is 15.9 Å². The van der Waals surface area contributed by atoms with Gasteiger partial charge in [-0.15, -0.1) is 0 Å². The molecule has 0 radical (unpaired) electrons. The van der Waals surface area contributed by atoms with E-state index in [0.717, 1.165) is 5.56 Å². The van der Waals surface area contributed by atoms with E-state index in [9.17, 15) is 18.0 Å². The van der Waals surface area contributed by atoms with Crippen LogP contribution in [0.1, 0.15) is 48.7 Å². The fourth-order valence-electron chi connectivity index (χ4n) is 2.64. The van der Waals surface area contributed by atoms with E-state index < -0.39 is 21.9 Å². The van der Waals surface area contributed by atoms with Crippen LogP contribution in [0.25, 0.3) is 0 Å². The van der Waals surface area contributed by atoms with Gasteiger partial charge in [0.15, 0.2) is 0 Å². The van der Waals surface area contributed by atoms with E-state index in [1.54, 1.807) is 19.1 Å². The molecule has 0 aliphatic carbocycles. The van der Waals surface area contributed by atoms with Crippen LogP contribution in [0.5, 0.6) is 0 Å². The maximum absolute atomic E-state index is 12.9. The Hall–Kier alpha value is -2.87. The predicted molar refractivity (Wildman–Crippen MR) is 112 cm³/mol. The van der Waals surface area contributed by atoms with Gasteiger partial charge in [-0.25, -0.2) is 8.42 Å². The van der Waals surface area contributed by atoms with E-state index in [-0.39, 0.29) is 23.3 Å². The quantitative estimate of drug-likeness (QED) is 0.639. The third-order valence-corrected chi connectivity index (χ3v) is 5.89. The van der Waals surface area contributed by atoms with Crippen LogP contribution in [-0.4, -0.2) is 31.9 Å². The standard InChI is InChI=1S/C21H26N2O5S/c1-14-5-8-16(21(2,3)4)13-18(14)29(27,28)23-17-9-6-15(7-10-17)20(26)22-12-11-19(24)25/h5-10,13,23H,11-12H2,1-4H3,(H,22,26)(H,24,25). The van der Waals surface area contributed by atoms with Crippen LogP contribution >= 0.6 is 0 Å². The van der Waals surface area contributed by atoms with Gasteiger partial charge in [-0.2, -0.15) is 0 Å². The second-order valence-electron chi connectivity index (χ2n) is 7.81. The number of sulfonamides is 1. The van der Waals surface area contributed by atoms with E-state index in [0.29, 0.717) is 16.8 Å². The minimum absolute atomic E-state index is 0.0198. The van der Waals surface area contributed by atoms with Crippen molar-refractivity contribution in [1.29, 1.82) is 0 Å². The number of rotatable bonds is 7. The Morgan fingerprint density at radius 3 is 2.21 bits per heavy atom. The zero-order valence-corrected chi connectivity index (χ0v) is 17.8. The summed E-state index contributed by atoms with van der Waals surface area (Å²) in [5, 5.41) is 11.1. The SMILES string of the molecule is Cc1ccc(C(C)(C)C)cc1S(=O)(=O)Nc1ccc(C(=O)NCCC(=O)O)cc1. The van der Waals surface area contributed by atoms with Crippen LogP contribution in [0.15, 0.2) is 47.4 Å². The van der Waals surface area contributed by atoms with Crippen LogP contribution in [-0.2, 0) is 20.2 Å². The summed E-state index contributed by atoms with van der Waals surface area (Å²) in [5.74, 6) is -1.42. The number of benzene rings is 2. The van der Waals surface area contributed by atoms with Crippen LogP contribution in [0.3, 0.4) is 0 Å². The van der Waals surface area contributed by atoms with Gasteiger partial charge in [0.1, 0.15) is 0 Å². The molecule has 0 bridgehead atoms. The third kappa shape index (κ3) is 6.05.